The maximum Gasteiger partial charge on any atom is 0.234 e. The predicted molar refractivity (Wildman–Crippen MR) is 108 cm³/mol. The summed E-state index contributed by atoms with van der Waals surface area (Å²) in [5.41, 5.74) is 2.18. The molecular formula is C19H25N3OS2. The van der Waals surface area contributed by atoms with Gasteiger partial charge in [0.2, 0.25) is 5.91 Å². The highest BCUT2D eigenvalue weighted by Gasteiger charge is 2.13. The molecule has 0 unspecified atom stereocenters. The molecule has 0 bridgehead atoms. The van der Waals surface area contributed by atoms with Gasteiger partial charge in [-0.15, -0.1) is 23.1 Å². The summed E-state index contributed by atoms with van der Waals surface area (Å²) >= 11 is 3.39. The summed E-state index contributed by atoms with van der Waals surface area (Å²) in [7, 11) is 2.17. The maximum atomic E-state index is 12.0. The minimum atomic E-state index is 0.0633. The Morgan fingerprint density at radius 2 is 1.92 bits per heavy atom. The van der Waals surface area contributed by atoms with Crippen molar-refractivity contribution in [2.45, 2.75) is 12.3 Å². The standard InChI is InChI=1S/C19H25N3OS2/c1-21-8-10-22(11-9-21)13-16-4-6-17(7-5-16)20-19(23)15-24-14-18-3-2-12-25-18/h2-7,12H,8-11,13-15H2,1H3,(H,20,23). The number of carbonyl (C=O) groups is 1. The van der Waals surface area contributed by atoms with Crippen molar-refractivity contribution in [3.8, 4) is 0 Å². The molecule has 1 fully saturated rings. The first-order valence-corrected chi connectivity index (χ1v) is 10.6. The Hall–Kier alpha value is -1.34. The van der Waals surface area contributed by atoms with Gasteiger partial charge in [-0.25, -0.2) is 0 Å². The van der Waals surface area contributed by atoms with E-state index in [1.54, 1.807) is 23.1 Å². The maximum absolute atomic E-state index is 12.0. The van der Waals surface area contributed by atoms with Crippen molar-refractivity contribution in [1.82, 2.24) is 9.80 Å². The number of benzene rings is 1. The van der Waals surface area contributed by atoms with Gasteiger partial charge in [-0.1, -0.05) is 18.2 Å². The summed E-state index contributed by atoms with van der Waals surface area (Å²) in [4.78, 5) is 18.2. The zero-order valence-corrected chi connectivity index (χ0v) is 16.2. The third kappa shape index (κ3) is 6.15. The molecule has 1 aliphatic heterocycles. The fourth-order valence-electron chi connectivity index (χ4n) is 2.79. The molecule has 134 valence electrons. The fraction of sp³-hybridized carbons (Fsp3) is 0.421. The Balaban J connectivity index is 1.40. The largest absolute Gasteiger partial charge is 0.325 e. The number of likely N-dealkylation sites (N-methyl/N-ethyl adjacent to an activating group) is 1. The molecule has 1 saturated heterocycles. The lowest BCUT2D eigenvalue weighted by Crippen LogP contribution is -2.43. The lowest BCUT2D eigenvalue weighted by atomic mass is 10.2. The van der Waals surface area contributed by atoms with Crippen LogP contribution >= 0.6 is 23.1 Å². The van der Waals surface area contributed by atoms with Gasteiger partial charge < -0.3 is 10.2 Å². The van der Waals surface area contributed by atoms with Crippen molar-refractivity contribution < 1.29 is 4.79 Å². The van der Waals surface area contributed by atoms with E-state index < -0.39 is 0 Å². The number of amides is 1. The summed E-state index contributed by atoms with van der Waals surface area (Å²) in [6.07, 6.45) is 0. The molecule has 0 spiro atoms. The van der Waals surface area contributed by atoms with Crippen LogP contribution < -0.4 is 5.32 Å². The number of hydrogen-bond donors (Lipinski definition) is 1. The highest BCUT2D eigenvalue weighted by molar-refractivity contribution is 7.99. The van der Waals surface area contributed by atoms with Gasteiger partial charge in [0, 0.05) is 49.0 Å². The van der Waals surface area contributed by atoms with Crippen LogP contribution in [0.15, 0.2) is 41.8 Å². The molecule has 6 heteroatoms. The highest BCUT2D eigenvalue weighted by Crippen LogP contribution is 2.18. The molecule has 2 aromatic rings. The Bertz CT molecular complexity index is 650. The lowest BCUT2D eigenvalue weighted by molar-refractivity contribution is -0.113. The third-order valence-corrected chi connectivity index (χ3v) is 6.34. The minimum Gasteiger partial charge on any atom is -0.325 e. The van der Waals surface area contributed by atoms with Gasteiger partial charge >= 0.3 is 0 Å². The van der Waals surface area contributed by atoms with Crippen molar-refractivity contribution in [2.24, 2.45) is 0 Å². The van der Waals surface area contributed by atoms with Crippen LogP contribution in [-0.2, 0) is 17.1 Å². The normalized spacial score (nSPS) is 16.0. The molecule has 1 aromatic heterocycles. The number of rotatable bonds is 7. The first-order chi connectivity index (χ1) is 12.2. The SMILES string of the molecule is CN1CCN(Cc2ccc(NC(=O)CSCc3cccs3)cc2)CC1. The molecule has 1 aromatic carbocycles. The van der Waals surface area contributed by atoms with Crippen molar-refractivity contribution in [1.29, 1.82) is 0 Å². The summed E-state index contributed by atoms with van der Waals surface area (Å²) in [5.74, 6) is 1.45. The molecule has 3 rings (SSSR count). The summed E-state index contributed by atoms with van der Waals surface area (Å²) in [6, 6.07) is 12.4. The number of carbonyl (C=O) groups excluding carboxylic acids is 1. The average Bonchev–Trinajstić information content (AvgIpc) is 3.12. The second kappa shape index (κ2) is 9.38. The predicted octanol–water partition coefficient (Wildman–Crippen LogP) is 3.37. The Labute approximate surface area is 158 Å². The zero-order chi connectivity index (χ0) is 17.5. The molecule has 0 radical (unpaired) electrons. The van der Waals surface area contributed by atoms with Crippen molar-refractivity contribution in [3.63, 3.8) is 0 Å². The van der Waals surface area contributed by atoms with Crippen LogP contribution in [0.1, 0.15) is 10.4 Å². The molecule has 25 heavy (non-hydrogen) atoms. The van der Waals surface area contributed by atoms with E-state index in [-0.39, 0.29) is 5.91 Å². The quantitative estimate of drug-likeness (QED) is 0.805. The van der Waals surface area contributed by atoms with E-state index in [9.17, 15) is 4.79 Å². The van der Waals surface area contributed by atoms with E-state index in [0.717, 1.165) is 44.2 Å². The topological polar surface area (TPSA) is 35.6 Å². The van der Waals surface area contributed by atoms with Crippen molar-refractivity contribution >= 4 is 34.7 Å². The smallest absolute Gasteiger partial charge is 0.234 e. The van der Waals surface area contributed by atoms with Crippen molar-refractivity contribution in [3.05, 3.63) is 52.2 Å². The van der Waals surface area contributed by atoms with Crippen LogP contribution in [0.5, 0.6) is 0 Å². The molecule has 0 atom stereocenters. The molecule has 0 saturated carbocycles. The van der Waals surface area contributed by atoms with E-state index in [2.05, 4.69) is 45.7 Å². The number of piperazine rings is 1. The van der Waals surface area contributed by atoms with E-state index in [0.29, 0.717) is 5.75 Å². The van der Waals surface area contributed by atoms with Crippen LogP contribution in [0.3, 0.4) is 0 Å². The summed E-state index contributed by atoms with van der Waals surface area (Å²) in [6.45, 7) is 5.50. The van der Waals surface area contributed by atoms with Crippen LogP contribution in [0.25, 0.3) is 0 Å². The number of hydrogen-bond acceptors (Lipinski definition) is 5. The zero-order valence-electron chi connectivity index (χ0n) is 14.6. The lowest BCUT2D eigenvalue weighted by Gasteiger charge is -2.32. The van der Waals surface area contributed by atoms with E-state index in [1.807, 2.05) is 18.2 Å². The van der Waals surface area contributed by atoms with Crippen molar-refractivity contribution in [2.75, 3.05) is 44.3 Å². The van der Waals surface area contributed by atoms with E-state index >= 15 is 0 Å². The van der Waals surface area contributed by atoms with Gasteiger partial charge in [0.05, 0.1) is 5.75 Å². The van der Waals surface area contributed by atoms with Crippen LogP contribution in [0, 0.1) is 0 Å². The number of nitrogens with zero attached hydrogens (tertiary/aromatic N) is 2. The monoisotopic (exact) mass is 375 g/mol. The van der Waals surface area contributed by atoms with Gasteiger partial charge in [0.25, 0.3) is 0 Å². The summed E-state index contributed by atoms with van der Waals surface area (Å²) < 4.78 is 0. The second-order valence-corrected chi connectivity index (χ2v) is 8.41. The highest BCUT2D eigenvalue weighted by atomic mass is 32.2. The van der Waals surface area contributed by atoms with E-state index in [4.69, 9.17) is 0 Å². The van der Waals surface area contributed by atoms with Crippen LogP contribution in [0.2, 0.25) is 0 Å². The second-order valence-electron chi connectivity index (χ2n) is 6.40. The Morgan fingerprint density at radius 3 is 2.60 bits per heavy atom. The molecule has 1 aliphatic rings. The first kappa shape index (κ1) is 18.5. The third-order valence-electron chi connectivity index (χ3n) is 4.30. The molecule has 1 amide bonds. The molecule has 1 N–H and O–H groups in total. The molecule has 4 nitrogen and oxygen atoms in total. The van der Waals surface area contributed by atoms with Gasteiger partial charge in [0.1, 0.15) is 0 Å². The van der Waals surface area contributed by atoms with Crippen LogP contribution in [0.4, 0.5) is 5.69 Å². The van der Waals surface area contributed by atoms with Gasteiger partial charge in [-0.3, -0.25) is 9.69 Å². The number of thiophene rings is 1. The number of nitrogens with one attached hydrogen (secondary N) is 1. The number of anilines is 1. The minimum absolute atomic E-state index is 0.0633. The molecular weight excluding hydrogens is 350 g/mol. The first-order valence-electron chi connectivity index (χ1n) is 8.59. The fourth-order valence-corrected chi connectivity index (χ4v) is 4.46. The van der Waals surface area contributed by atoms with Gasteiger partial charge in [0.15, 0.2) is 0 Å². The van der Waals surface area contributed by atoms with Gasteiger partial charge in [-0.2, -0.15) is 0 Å². The Kier molecular flexibility index (Phi) is 6.93. The van der Waals surface area contributed by atoms with Gasteiger partial charge in [-0.05, 0) is 36.2 Å². The number of thioether (sulfide) groups is 1. The van der Waals surface area contributed by atoms with Crippen LogP contribution in [-0.4, -0.2) is 54.7 Å². The Morgan fingerprint density at radius 1 is 1.16 bits per heavy atom. The molecule has 2 heterocycles. The average molecular weight is 376 g/mol. The summed E-state index contributed by atoms with van der Waals surface area (Å²) in [5, 5.41) is 5.05. The molecule has 0 aliphatic carbocycles. The van der Waals surface area contributed by atoms with E-state index in [1.165, 1.54) is 10.4 Å².